The number of hydrogen-bond donors (Lipinski definition) is 0. The normalized spacial score (nSPS) is 13.9. The summed E-state index contributed by atoms with van der Waals surface area (Å²) < 4.78 is 22.7. The van der Waals surface area contributed by atoms with Gasteiger partial charge in [-0.2, -0.15) is 0 Å². The number of rotatable bonds is 8. The van der Waals surface area contributed by atoms with Gasteiger partial charge in [-0.3, -0.25) is 4.57 Å². The van der Waals surface area contributed by atoms with Crippen LogP contribution >= 0.6 is 7.60 Å². The lowest BCUT2D eigenvalue weighted by Crippen LogP contribution is -2.15. The number of ketones is 1. The fourth-order valence-electron chi connectivity index (χ4n) is 1.42. The molecule has 0 rings (SSSR count). The molecule has 5 heteroatoms. The quantitative estimate of drug-likeness (QED) is 0.608. The summed E-state index contributed by atoms with van der Waals surface area (Å²) >= 11 is 0. The Bertz CT molecular complexity index is 230. The van der Waals surface area contributed by atoms with E-state index in [1.807, 2.05) is 6.92 Å². The predicted octanol–water partition coefficient (Wildman–Crippen LogP) is 3.01. The van der Waals surface area contributed by atoms with Crippen molar-refractivity contribution in [2.45, 2.75) is 46.2 Å². The maximum absolute atomic E-state index is 12.3. The number of hydrogen-bond acceptors (Lipinski definition) is 4. The summed E-state index contributed by atoms with van der Waals surface area (Å²) in [6, 6.07) is 0. The molecule has 0 aromatic heterocycles. The van der Waals surface area contributed by atoms with Crippen molar-refractivity contribution in [3.05, 3.63) is 0 Å². The van der Waals surface area contributed by atoms with E-state index in [0.29, 0.717) is 19.6 Å². The Labute approximate surface area is 91.9 Å². The van der Waals surface area contributed by atoms with Crippen molar-refractivity contribution in [3.63, 3.8) is 0 Å². The van der Waals surface area contributed by atoms with Crippen molar-refractivity contribution < 1.29 is 18.4 Å². The fourth-order valence-corrected chi connectivity index (χ4v) is 3.56. The van der Waals surface area contributed by atoms with Crippen LogP contribution < -0.4 is 0 Å². The minimum atomic E-state index is -3.10. The zero-order valence-corrected chi connectivity index (χ0v) is 10.9. The second-order valence-corrected chi connectivity index (χ2v) is 5.67. The molecule has 0 bridgehead atoms. The van der Waals surface area contributed by atoms with Gasteiger partial charge in [0.15, 0.2) is 0 Å². The van der Waals surface area contributed by atoms with Crippen molar-refractivity contribution in [2.24, 2.45) is 0 Å². The maximum Gasteiger partial charge on any atom is 0.334 e. The van der Waals surface area contributed by atoms with Crippen LogP contribution in [0.3, 0.4) is 0 Å². The SMILES string of the molecule is CCOP(=O)(OCC)C(CC)CC(C)=O. The van der Waals surface area contributed by atoms with E-state index in [2.05, 4.69) is 0 Å². The second-order valence-electron chi connectivity index (χ2n) is 3.34. The topological polar surface area (TPSA) is 52.6 Å². The van der Waals surface area contributed by atoms with Gasteiger partial charge in [-0.15, -0.1) is 0 Å². The van der Waals surface area contributed by atoms with E-state index in [0.717, 1.165) is 0 Å². The van der Waals surface area contributed by atoms with Crippen LogP contribution in [0.4, 0.5) is 0 Å². The molecule has 4 nitrogen and oxygen atoms in total. The van der Waals surface area contributed by atoms with Crippen molar-refractivity contribution in [1.82, 2.24) is 0 Å². The van der Waals surface area contributed by atoms with Crippen LogP contribution in [-0.4, -0.2) is 24.7 Å². The molecule has 0 aliphatic rings. The van der Waals surface area contributed by atoms with Crippen LogP contribution in [0.5, 0.6) is 0 Å². The molecule has 0 aromatic rings. The molecule has 0 aliphatic heterocycles. The first-order valence-electron chi connectivity index (χ1n) is 5.38. The van der Waals surface area contributed by atoms with Gasteiger partial charge in [0.05, 0.1) is 18.9 Å². The van der Waals surface area contributed by atoms with E-state index >= 15 is 0 Å². The van der Waals surface area contributed by atoms with Crippen LogP contribution in [0.25, 0.3) is 0 Å². The number of Topliss-reactive ketones (excluding diaryl/α,β-unsaturated/α-hetero) is 1. The minimum Gasteiger partial charge on any atom is -0.309 e. The van der Waals surface area contributed by atoms with Crippen molar-refractivity contribution in [1.29, 1.82) is 0 Å². The molecule has 1 atom stereocenters. The molecule has 0 saturated heterocycles. The van der Waals surface area contributed by atoms with Crippen LogP contribution in [0.15, 0.2) is 0 Å². The highest BCUT2D eigenvalue weighted by Crippen LogP contribution is 2.55. The summed E-state index contributed by atoms with van der Waals surface area (Å²) in [5, 5.41) is 0. The molecule has 0 spiro atoms. The van der Waals surface area contributed by atoms with Gasteiger partial charge >= 0.3 is 7.60 Å². The van der Waals surface area contributed by atoms with Gasteiger partial charge in [0, 0.05) is 6.42 Å². The Morgan fingerprint density at radius 1 is 1.20 bits per heavy atom. The summed E-state index contributed by atoms with van der Waals surface area (Å²) in [6.07, 6.45) is 0.880. The molecular formula is C10H21O4P. The minimum absolute atomic E-state index is 0.0153. The van der Waals surface area contributed by atoms with Gasteiger partial charge in [-0.05, 0) is 27.2 Å². The summed E-state index contributed by atoms with van der Waals surface area (Å²) in [6.45, 7) is 7.60. The van der Waals surface area contributed by atoms with Crippen LogP contribution in [0.1, 0.15) is 40.5 Å². The summed E-state index contributed by atoms with van der Waals surface area (Å²) in [5.74, 6) is 0.0153. The lowest BCUT2D eigenvalue weighted by molar-refractivity contribution is -0.117. The Balaban J connectivity index is 4.68. The molecule has 1 unspecified atom stereocenters. The first kappa shape index (κ1) is 14.8. The standard InChI is InChI=1S/C10H21O4P/c1-5-10(8-9(4)11)15(12,13-6-2)14-7-3/h10H,5-8H2,1-4H3. The van der Waals surface area contributed by atoms with Crippen molar-refractivity contribution in [2.75, 3.05) is 13.2 Å². The largest absolute Gasteiger partial charge is 0.334 e. The highest BCUT2D eigenvalue weighted by atomic mass is 31.2. The van der Waals surface area contributed by atoms with E-state index in [1.54, 1.807) is 13.8 Å². The predicted molar refractivity (Wildman–Crippen MR) is 60.2 cm³/mol. The van der Waals surface area contributed by atoms with E-state index in [9.17, 15) is 9.36 Å². The third-order valence-corrected chi connectivity index (χ3v) is 4.74. The third kappa shape index (κ3) is 4.92. The van der Waals surface area contributed by atoms with Gasteiger partial charge in [-0.25, -0.2) is 0 Å². The lowest BCUT2D eigenvalue weighted by atomic mass is 10.2. The fraction of sp³-hybridized carbons (Fsp3) is 0.900. The molecular weight excluding hydrogens is 215 g/mol. The average Bonchev–Trinajstić information content (AvgIpc) is 2.14. The first-order chi connectivity index (χ1) is 7.00. The Morgan fingerprint density at radius 3 is 1.93 bits per heavy atom. The molecule has 15 heavy (non-hydrogen) atoms. The van der Waals surface area contributed by atoms with Gasteiger partial charge in [-0.1, -0.05) is 6.92 Å². The summed E-state index contributed by atoms with van der Waals surface area (Å²) in [5.41, 5.74) is -0.310. The van der Waals surface area contributed by atoms with Crippen LogP contribution in [-0.2, 0) is 18.4 Å². The Kier molecular flexibility index (Phi) is 7.07. The van der Waals surface area contributed by atoms with Gasteiger partial charge in [0.1, 0.15) is 5.78 Å². The van der Waals surface area contributed by atoms with Gasteiger partial charge in [0.25, 0.3) is 0 Å². The van der Waals surface area contributed by atoms with Crippen LogP contribution in [0, 0.1) is 0 Å². The van der Waals surface area contributed by atoms with Crippen molar-refractivity contribution >= 4 is 13.4 Å². The molecule has 0 N–H and O–H groups in total. The van der Waals surface area contributed by atoms with E-state index < -0.39 is 7.60 Å². The molecule has 0 aromatic carbocycles. The molecule has 0 radical (unpaired) electrons. The van der Waals surface area contributed by atoms with Gasteiger partial charge in [0.2, 0.25) is 0 Å². The summed E-state index contributed by atoms with van der Waals surface area (Å²) in [4.78, 5) is 11.0. The van der Waals surface area contributed by atoms with E-state index in [1.165, 1.54) is 6.92 Å². The zero-order valence-electron chi connectivity index (χ0n) is 9.99. The molecule has 0 saturated carbocycles. The number of carbonyl (C=O) groups is 1. The smallest absolute Gasteiger partial charge is 0.309 e. The van der Waals surface area contributed by atoms with Crippen molar-refractivity contribution in [3.8, 4) is 0 Å². The van der Waals surface area contributed by atoms with E-state index in [-0.39, 0.29) is 17.9 Å². The molecule has 0 fully saturated rings. The van der Waals surface area contributed by atoms with Gasteiger partial charge < -0.3 is 13.8 Å². The molecule has 0 aliphatic carbocycles. The average molecular weight is 236 g/mol. The Morgan fingerprint density at radius 2 is 1.67 bits per heavy atom. The molecule has 0 amide bonds. The molecule has 0 heterocycles. The zero-order chi connectivity index (χ0) is 11.9. The first-order valence-corrected chi connectivity index (χ1v) is 6.99. The highest BCUT2D eigenvalue weighted by Gasteiger charge is 2.34. The Hall–Kier alpha value is -0.180. The summed E-state index contributed by atoms with van der Waals surface area (Å²) in [7, 11) is -3.10. The second kappa shape index (κ2) is 7.15. The third-order valence-electron chi connectivity index (χ3n) is 2.06. The van der Waals surface area contributed by atoms with Crippen LogP contribution in [0.2, 0.25) is 0 Å². The maximum atomic E-state index is 12.3. The highest BCUT2D eigenvalue weighted by molar-refractivity contribution is 7.54. The monoisotopic (exact) mass is 236 g/mol. The van der Waals surface area contributed by atoms with E-state index in [4.69, 9.17) is 9.05 Å². The number of carbonyl (C=O) groups excluding carboxylic acids is 1. The molecule has 90 valence electrons. The lowest BCUT2D eigenvalue weighted by Gasteiger charge is -2.24.